The fourth-order valence-corrected chi connectivity index (χ4v) is 0.927. The van der Waals surface area contributed by atoms with Gasteiger partial charge in [0.05, 0.1) is 9.50 Å². The summed E-state index contributed by atoms with van der Waals surface area (Å²) in [4.78, 5) is 0. The normalized spacial score (nSPS) is 9.80. The van der Waals surface area contributed by atoms with Crippen LogP contribution in [0.15, 0.2) is 10.5 Å². The van der Waals surface area contributed by atoms with Gasteiger partial charge in [0.1, 0.15) is 0 Å². The second-order valence-corrected chi connectivity index (χ2v) is 2.88. The zero-order valence-electron chi connectivity index (χ0n) is 4.73. The third-order valence-electron chi connectivity index (χ3n) is 0.984. The van der Waals surface area contributed by atoms with E-state index in [1.54, 1.807) is 0 Å². The molecule has 53 valence electrons. The molecule has 4 heteroatoms. The molecule has 0 aliphatic rings. The molecule has 0 spiro atoms. The molecule has 0 saturated heterocycles. The van der Waals surface area contributed by atoms with Gasteiger partial charge in [-0.05, 0) is 22.0 Å². The van der Waals surface area contributed by atoms with Gasteiger partial charge in [-0.2, -0.15) is 0 Å². The second-order valence-electron chi connectivity index (χ2n) is 1.65. The summed E-state index contributed by atoms with van der Waals surface area (Å²) in [6.45, 7) is 0. The van der Waals surface area contributed by atoms with Crippen LogP contribution in [0, 0.1) is 6.07 Å². The predicted octanol–water partition coefficient (Wildman–Crippen LogP) is 2.31. The van der Waals surface area contributed by atoms with Gasteiger partial charge < -0.3 is 10.2 Å². The van der Waals surface area contributed by atoms with Gasteiger partial charge in [-0.1, -0.05) is 11.6 Å². The first-order valence-electron chi connectivity index (χ1n) is 2.40. The highest BCUT2D eigenvalue weighted by molar-refractivity contribution is 9.10. The van der Waals surface area contributed by atoms with E-state index in [2.05, 4.69) is 22.0 Å². The van der Waals surface area contributed by atoms with Gasteiger partial charge in [0.2, 0.25) is 0 Å². The van der Waals surface area contributed by atoms with Gasteiger partial charge in [-0.15, -0.1) is 0 Å². The number of hydrogen-bond acceptors (Lipinski definition) is 2. The molecule has 1 rings (SSSR count). The van der Waals surface area contributed by atoms with Gasteiger partial charge in [-0.25, -0.2) is 0 Å². The SMILES string of the molecule is Oc1c(Cl)[c]cc(Br)c1O. The second kappa shape index (κ2) is 2.68. The van der Waals surface area contributed by atoms with E-state index < -0.39 is 0 Å². The molecule has 0 unspecified atom stereocenters. The van der Waals surface area contributed by atoms with Crippen LogP contribution in [0.3, 0.4) is 0 Å². The van der Waals surface area contributed by atoms with Crippen LogP contribution in [0.2, 0.25) is 5.02 Å². The Hall–Kier alpha value is -0.410. The largest absolute Gasteiger partial charge is 0.503 e. The molecule has 1 aromatic carbocycles. The van der Waals surface area contributed by atoms with Crippen LogP contribution in [0.5, 0.6) is 11.5 Å². The molecule has 0 saturated carbocycles. The molecule has 0 aliphatic carbocycles. The maximum atomic E-state index is 8.99. The number of aromatic hydroxyl groups is 2. The lowest BCUT2D eigenvalue weighted by Crippen LogP contribution is -1.72. The first-order chi connectivity index (χ1) is 4.63. The van der Waals surface area contributed by atoms with E-state index in [4.69, 9.17) is 21.8 Å². The molecule has 2 N–H and O–H groups in total. The van der Waals surface area contributed by atoms with Crippen LogP contribution < -0.4 is 0 Å². The van der Waals surface area contributed by atoms with Gasteiger partial charge in [0, 0.05) is 6.07 Å². The zero-order valence-corrected chi connectivity index (χ0v) is 7.07. The smallest absolute Gasteiger partial charge is 0.178 e. The standard InChI is InChI=1S/C6H3BrClO2/c7-3-1-2-4(8)6(10)5(3)9/h1,9-10H. The number of phenolic OH excluding ortho intramolecular Hbond substituents is 2. The fraction of sp³-hybridized carbons (Fsp3) is 0. The average Bonchev–Trinajstić information content (AvgIpc) is 1.93. The molecular weight excluding hydrogens is 219 g/mol. The Bertz CT molecular complexity index is 235. The number of hydrogen-bond donors (Lipinski definition) is 2. The van der Waals surface area contributed by atoms with Crippen molar-refractivity contribution in [1.82, 2.24) is 0 Å². The molecular formula is C6H3BrClO2. The Labute approximate surface area is 71.2 Å². The summed E-state index contributed by atoms with van der Waals surface area (Å²) in [6, 6.07) is 3.95. The number of halogens is 2. The topological polar surface area (TPSA) is 40.5 Å². The first-order valence-corrected chi connectivity index (χ1v) is 3.57. The third-order valence-corrected chi connectivity index (χ3v) is 1.88. The first kappa shape index (κ1) is 7.69. The summed E-state index contributed by atoms with van der Waals surface area (Å²) in [5.74, 6) is -0.611. The van der Waals surface area contributed by atoms with Crippen LogP contribution >= 0.6 is 27.5 Å². The van der Waals surface area contributed by atoms with E-state index in [1.165, 1.54) is 6.07 Å². The molecule has 0 atom stereocenters. The van der Waals surface area contributed by atoms with Crippen LogP contribution in [0.4, 0.5) is 0 Å². The third kappa shape index (κ3) is 1.20. The maximum Gasteiger partial charge on any atom is 0.178 e. The minimum atomic E-state index is -0.351. The van der Waals surface area contributed by atoms with Crippen molar-refractivity contribution in [2.24, 2.45) is 0 Å². The summed E-state index contributed by atoms with van der Waals surface area (Å²) in [6.07, 6.45) is 0. The van der Waals surface area contributed by atoms with Crippen molar-refractivity contribution in [3.63, 3.8) is 0 Å². The molecule has 1 radical (unpaired) electrons. The van der Waals surface area contributed by atoms with Crippen molar-refractivity contribution < 1.29 is 10.2 Å². The van der Waals surface area contributed by atoms with Gasteiger partial charge in [-0.3, -0.25) is 0 Å². The van der Waals surface area contributed by atoms with E-state index in [-0.39, 0.29) is 16.5 Å². The van der Waals surface area contributed by atoms with E-state index in [0.717, 1.165) is 0 Å². The van der Waals surface area contributed by atoms with Gasteiger partial charge >= 0.3 is 0 Å². The van der Waals surface area contributed by atoms with E-state index in [0.29, 0.717) is 4.47 Å². The Morgan fingerprint density at radius 1 is 1.40 bits per heavy atom. The van der Waals surface area contributed by atoms with Crippen LogP contribution in [-0.2, 0) is 0 Å². The predicted molar refractivity (Wildman–Crippen MR) is 41.3 cm³/mol. The van der Waals surface area contributed by atoms with Gasteiger partial charge in [0.25, 0.3) is 0 Å². The molecule has 0 bridgehead atoms. The van der Waals surface area contributed by atoms with E-state index in [1.807, 2.05) is 0 Å². The summed E-state index contributed by atoms with van der Waals surface area (Å²) in [5.41, 5.74) is 0. The quantitative estimate of drug-likeness (QED) is 0.661. The van der Waals surface area contributed by atoms with Crippen molar-refractivity contribution in [2.75, 3.05) is 0 Å². The highest BCUT2D eigenvalue weighted by Gasteiger charge is 2.07. The Kier molecular flexibility index (Phi) is 2.06. The lowest BCUT2D eigenvalue weighted by atomic mass is 10.3. The van der Waals surface area contributed by atoms with Crippen LogP contribution in [0.25, 0.3) is 0 Å². The monoisotopic (exact) mass is 221 g/mol. The van der Waals surface area contributed by atoms with Crippen LogP contribution in [0.1, 0.15) is 0 Å². The van der Waals surface area contributed by atoms with Crippen LogP contribution in [-0.4, -0.2) is 10.2 Å². The minimum Gasteiger partial charge on any atom is -0.503 e. The summed E-state index contributed by atoms with van der Waals surface area (Å²) in [5, 5.41) is 17.9. The molecule has 10 heavy (non-hydrogen) atoms. The van der Waals surface area contributed by atoms with E-state index in [9.17, 15) is 0 Å². The van der Waals surface area contributed by atoms with Crippen molar-refractivity contribution >= 4 is 27.5 Å². The van der Waals surface area contributed by atoms with Crippen molar-refractivity contribution in [1.29, 1.82) is 0 Å². The van der Waals surface area contributed by atoms with Crippen molar-refractivity contribution in [3.8, 4) is 11.5 Å². The summed E-state index contributed by atoms with van der Waals surface area (Å²) in [7, 11) is 0. The fourth-order valence-electron chi connectivity index (χ4n) is 0.481. The van der Waals surface area contributed by atoms with E-state index >= 15 is 0 Å². The molecule has 0 heterocycles. The summed E-state index contributed by atoms with van der Waals surface area (Å²) >= 11 is 8.38. The Balaban J connectivity index is 3.34. The number of rotatable bonds is 0. The lowest BCUT2D eigenvalue weighted by Gasteiger charge is -1.99. The molecule has 0 aromatic heterocycles. The van der Waals surface area contributed by atoms with Crippen molar-refractivity contribution in [3.05, 3.63) is 21.6 Å². The maximum absolute atomic E-state index is 8.99. The molecule has 0 fully saturated rings. The summed E-state index contributed by atoms with van der Waals surface area (Å²) < 4.78 is 0.370. The number of phenols is 2. The molecule has 0 amide bonds. The zero-order chi connectivity index (χ0) is 7.72. The average molecular weight is 222 g/mol. The molecule has 0 aliphatic heterocycles. The lowest BCUT2D eigenvalue weighted by molar-refractivity contribution is 0.401. The number of benzene rings is 1. The highest BCUT2D eigenvalue weighted by Crippen LogP contribution is 2.37. The Morgan fingerprint density at radius 3 is 2.50 bits per heavy atom. The minimum absolute atomic E-state index is 0.0145. The highest BCUT2D eigenvalue weighted by atomic mass is 79.9. The molecule has 1 aromatic rings. The van der Waals surface area contributed by atoms with Gasteiger partial charge in [0.15, 0.2) is 11.5 Å². The Morgan fingerprint density at radius 2 is 2.00 bits per heavy atom. The van der Waals surface area contributed by atoms with Crippen molar-refractivity contribution in [2.45, 2.75) is 0 Å². The molecule has 2 nitrogen and oxygen atoms in total.